The molecule has 2 rings (SSSR count). The minimum atomic E-state index is 0.0676. The molecular formula is C11H20N2OS. The van der Waals surface area contributed by atoms with Crippen LogP contribution in [0.3, 0.4) is 0 Å². The molecule has 2 aliphatic rings. The average Bonchev–Trinajstić information content (AvgIpc) is 2.69. The van der Waals surface area contributed by atoms with Crippen LogP contribution in [0.5, 0.6) is 0 Å². The van der Waals surface area contributed by atoms with Gasteiger partial charge < -0.3 is 4.90 Å². The van der Waals surface area contributed by atoms with Crippen LogP contribution in [0.1, 0.15) is 33.1 Å². The molecule has 3 nitrogen and oxygen atoms in total. The topological polar surface area (TPSA) is 32.3 Å². The van der Waals surface area contributed by atoms with E-state index in [4.69, 9.17) is 0 Å². The summed E-state index contributed by atoms with van der Waals surface area (Å²) in [6.45, 7) is 4.35. The van der Waals surface area contributed by atoms with Gasteiger partial charge in [0, 0.05) is 23.7 Å². The van der Waals surface area contributed by atoms with Gasteiger partial charge in [-0.05, 0) is 33.1 Å². The van der Waals surface area contributed by atoms with Crippen molar-refractivity contribution >= 4 is 17.7 Å². The van der Waals surface area contributed by atoms with E-state index in [0.717, 1.165) is 24.5 Å². The predicted octanol–water partition coefficient (Wildman–Crippen LogP) is 1.44. The first kappa shape index (κ1) is 11.3. The zero-order valence-corrected chi connectivity index (χ0v) is 10.3. The molecule has 4 heteroatoms. The third kappa shape index (κ3) is 2.31. The minimum absolute atomic E-state index is 0.0676. The first-order valence-corrected chi connectivity index (χ1v) is 6.99. The zero-order chi connectivity index (χ0) is 10.8. The number of thioether (sulfide) groups is 1. The molecule has 0 aliphatic carbocycles. The summed E-state index contributed by atoms with van der Waals surface area (Å²) in [7, 11) is 0. The van der Waals surface area contributed by atoms with Crippen LogP contribution in [-0.2, 0) is 4.79 Å². The van der Waals surface area contributed by atoms with Crippen molar-refractivity contribution in [2.45, 2.75) is 51.2 Å². The molecule has 0 aromatic heterocycles. The number of carbonyl (C=O) groups excluding carboxylic acids is 1. The summed E-state index contributed by atoms with van der Waals surface area (Å²) < 4.78 is 0. The lowest BCUT2D eigenvalue weighted by atomic mass is 9.96. The van der Waals surface area contributed by atoms with E-state index in [1.807, 2.05) is 11.8 Å². The Morgan fingerprint density at radius 2 is 2.00 bits per heavy atom. The van der Waals surface area contributed by atoms with E-state index in [2.05, 4.69) is 24.1 Å². The number of amides is 1. The van der Waals surface area contributed by atoms with Crippen molar-refractivity contribution in [1.82, 2.24) is 10.2 Å². The van der Waals surface area contributed by atoms with Crippen molar-refractivity contribution in [3.05, 3.63) is 0 Å². The smallest absolute Gasteiger partial charge is 0.241 e. The first-order chi connectivity index (χ1) is 7.20. The average molecular weight is 228 g/mol. The van der Waals surface area contributed by atoms with Crippen LogP contribution in [0, 0.1) is 0 Å². The highest BCUT2D eigenvalue weighted by atomic mass is 32.2. The zero-order valence-electron chi connectivity index (χ0n) is 9.53. The lowest BCUT2D eigenvalue weighted by Crippen LogP contribution is -2.54. The molecule has 1 amide bonds. The van der Waals surface area contributed by atoms with Crippen LogP contribution >= 0.6 is 11.8 Å². The molecule has 3 atom stereocenters. The number of rotatable bonds is 1. The Morgan fingerprint density at radius 3 is 2.53 bits per heavy atom. The largest absolute Gasteiger partial charge is 0.336 e. The molecule has 2 aliphatic heterocycles. The highest BCUT2D eigenvalue weighted by Crippen LogP contribution is 2.24. The van der Waals surface area contributed by atoms with Gasteiger partial charge in [-0.1, -0.05) is 0 Å². The van der Waals surface area contributed by atoms with Crippen LogP contribution in [0.15, 0.2) is 0 Å². The summed E-state index contributed by atoms with van der Waals surface area (Å²) in [4.78, 5) is 14.4. The summed E-state index contributed by atoms with van der Waals surface area (Å²) in [6, 6.07) is 0.917. The van der Waals surface area contributed by atoms with Crippen molar-refractivity contribution in [2.75, 3.05) is 11.6 Å². The highest BCUT2D eigenvalue weighted by Gasteiger charge is 2.34. The van der Waals surface area contributed by atoms with Gasteiger partial charge in [0.25, 0.3) is 0 Å². The Morgan fingerprint density at radius 1 is 1.33 bits per heavy atom. The van der Waals surface area contributed by atoms with Crippen molar-refractivity contribution < 1.29 is 4.79 Å². The number of carbonyl (C=O) groups is 1. The first-order valence-electron chi connectivity index (χ1n) is 5.83. The summed E-state index contributed by atoms with van der Waals surface area (Å²) in [5.41, 5.74) is 0. The molecule has 0 aromatic rings. The van der Waals surface area contributed by atoms with Gasteiger partial charge in [-0.3, -0.25) is 10.1 Å². The lowest BCUT2D eigenvalue weighted by molar-refractivity contribution is -0.138. The maximum atomic E-state index is 12.3. The molecule has 0 saturated carbocycles. The predicted molar refractivity (Wildman–Crippen MR) is 63.9 cm³/mol. The van der Waals surface area contributed by atoms with Gasteiger partial charge in [0.1, 0.15) is 0 Å². The van der Waals surface area contributed by atoms with Crippen molar-refractivity contribution in [3.8, 4) is 0 Å². The minimum Gasteiger partial charge on any atom is -0.336 e. The Hall–Kier alpha value is -0.220. The lowest BCUT2D eigenvalue weighted by Gasteiger charge is -2.40. The molecule has 0 radical (unpaired) electrons. The second-order valence-electron chi connectivity index (χ2n) is 4.65. The molecule has 0 aromatic carbocycles. The number of likely N-dealkylation sites (tertiary alicyclic amines) is 1. The standard InChI is InChI=1S/C11H20N2OS/c1-8-4-3-5-9(2)13(8)11(14)10-6-15-7-12-10/h8-10,12H,3-7H2,1-2H3/t8-,9+,10?. The second kappa shape index (κ2) is 4.74. The summed E-state index contributed by atoms with van der Waals surface area (Å²) in [5.74, 6) is 2.18. The Balaban J connectivity index is 2.02. The van der Waals surface area contributed by atoms with Crippen LogP contribution in [-0.4, -0.2) is 40.6 Å². The molecule has 1 N–H and O–H groups in total. The monoisotopic (exact) mass is 228 g/mol. The quantitative estimate of drug-likeness (QED) is 0.737. The third-order valence-corrected chi connectivity index (χ3v) is 4.40. The van der Waals surface area contributed by atoms with E-state index in [1.54, 1.807) is 0 Å². The Kier molecular flexibility index (Phi) is 3.57. The van der Waals surface area contributed by atoms with E-state index in [9.17, 15) is 4.79 Å². The van der Waals surface area contributed by atoms with Crippen molar-refractivity contribution in [2.24, 2.45) is 0 Å². The maximum Gasteiger partial charge on any atom is 0.241 e. The van der Waals surface area contributed by atoms with Crippen LogP contribution in [0.4, 0.5) is 0 Å². The third-order valence-electron chi connectivity index (χ3n) is 3.46. The van der Waals surface area contributed by atoms with E-state index in [-0.39, 0.29) is 6.04 Å². The second-order valence-corrected chi connectivity index (χ2v) is 5.68. The van der Waals surface area contributed by atoms with E-state index in [1.165, 1.54) is 6.42 Å². The van der Waals surface area contributed by atoms with Gasteiger partial charge in [-0.25, -0.2) is 0 Å². The van der Waals surface area contributed by atoms with Gasteiger partial charge in [0.05, 0.1) is 6.04 Å². The van der Waals surface area contributed by atoms with Gasteiger partial charge in [0.2, 0.25) is 5.91 Å². The maximum absolute atomic E-state index is 12.3. The van der Waals surface area contributed by atoms with E-state index >= 15 is 0 Å². The van der Waals surface area contributed by atoms with Gasteiger partial charge in [-0.15, -0.1) is 11.8 Å². The Labute approximate surface area is 96.0 Å². The molecular weight excluding hydrogens is 208 g/mol. The van der Waals surface area contributed by atoms with Crippen molar-refractivity contribution in [1.29, 1.82) is 0 Å². The number of nitrogens with one attached hydrogen (secondary N) is 1. The van der Waals surface area contributed by atoms with Gasteiger partial charge in [0.15, 0.2) is 0 Å². The van der Waals surface area contributed by atoms with Gasteiger partial charge >= 0.3 is 0 Å². The van der Waals surface area contributed by atoms with Crippen LogP contribution in [0.25, 0.3) is 0 Å². The molecule has 1 unspecified atom stereocenters. The number of hydrogen-bond donors (Lipinski definition) is 1. The summed E-state index contributed by atoms with van der Waals surface area (Å²) in [6.07, 6.45) is 3.59. The summed E-state index contributed by atoms with van der Waals surface area (Å²) in [5, 5.41) is 3.27. The molecule has 2 fully saturated rings. The molecule has 15 heavy (non-hydrogen) atoms. The normalized spacial score (nSPS) is 36.9. The number of hydrogen-bond acceptors (Lipinski definition) is 3. The number of nitrogens with zero attached hydrogens (tertiary/aromatic N) is 1. The fourth-order valence-corrected chi connectivity index (χ4v) is 3.52. The molecule has 2 saturated heterocycles. The highest BCUT2D eigenvalue weighted by molar-refractivity contribution is 7.99. The Bertz CT molecular complexity index is 231. The van der Waals surface area contributed by atoms with Crippen LogP contribution in [0.2, 0.25) is 0 Å². The van der Waals surface area contributed by atoms with Gasteiger partial charge in [-0.2, -0.15) is 0 Å². The van der Waals surface area contributed by atoms with Crippen molar-refractivity contribution in [3.63, 3.8) is 0 Å². The fourth-order valence-electron chi connectivity index (χ4n) is 2.59. The molecule has 0 bridgehead atoms. The number of piperidine rings is 1. The van der Waals surface area contributed by atoms with E-state index in [0.29, 0.717) is 18.0 Å². The van der Waals surface area contributed by atoms with Crippen LogP contribution < -0.4 is 5.32 Å². The summed E-state index contributed by atoms with van der Waals surface area (Å²) >= 11 is 1.82. The molecule has 2 heterocycles. The fraction of sp³-hybridized carbons (Fsp3) is 0.909. The molecule has 0 spiro atoms. The van der Waals surface area contributed by atoms with E-state index < -0.39 is 0 Å². The SMILES string of the molecule is C[C@@H]1CCC[C@H](C)N1C(=O)C1CSCN1. The molecule has 86 valence electrons.